The van der Waals surface area contributed by atoms with Gasteiger partial charge in [0.1, 0.15) is 0 Å². The van der Waals surface area contributed by atoms with E-state index in [1.54, 1.807) is 0 Å². The summed E-state index contributed by atoms with van der Waals surface area (Å²) in [7, 11) is 0. The second-order valence-electron chi connectivity index (χ2n) is 5.92. The van der Waals surface area contributed by atoms with Crippen LogP contribution >= 0.6 is 0 Å². The van der Waals surface area contributed by atoms with E-state index in [2.05, 4.69) is 35.2 Å². The van der Waals surface area contributed by atoms with E-state index in [1.807, 2.05) is 0 Å². The Morgan fingerprint density at radius 3 is 2.47 bits per heavy atom. The van der Waals surface area contributed by atoms with Gasteiger partial charge in [0, 0.05) is 6.04 Å². The second kappa shape index (κ2) is 5.33. The van der Waals surface area contributed by atoms with Crippen LogP contribution in [-0.4, -0.2) is 35.1 Å². The number of carbonyl (C=O) groups is 1. The summed E-state index contributed by atoms with van der Waals surface area (Å²) in [5.41, 5.74) is 1.43. The van der Waals surface area contributed by atoms with Gasteiger partial charge in [-0.25, -0.2) is 0 Å². The summed E-state index contributed by atoms with van der Waals surface area (Å²) < 4.78 is 0. The molecule has 1 heterocycles. The molecular weight excluding hydrogens is 238 g/mol. The predicted molar refractivity (Wildman–Crippen MR) is 74.0 cm³/mol. The standard InChI is InChI=1S/C16H21NO2/c18-16(19)14-11-15(14)17-8-6-13(7-9-17)10-12-4-2-1-3-5-12/h1-5,13-15H,6-11H2,(H,18,19). The van der Waals surface area contributed by atoms with Gasteiger partial charge in [0.2, 0.25) is 0 Å². The monoisotopic (exact) mass is 259 g/mol. The second-order valence-corrected chi connectivity index (χ2v) is 5.92. The maximum Gasteiger partial charge on any atom is 0.308 e. The van der Waals surface area contributed by atoms with Gasteiger partial charge in [-0.15, -0.1) is 0 Å². The number of likely N-dealkylation sites (tertiary alicyclic amines) is 1. The molecular formula is C16H21NO2. The zero-order valence-corrected chi connectivity index (χ0v) is 11.2. The third-order valence-electron chi connectivity index (χ3n) is 4.56. The number of piperidine rings is 1. The van der Waals surface area contributed by atoms with E-state index in [0.717, 1.165) is 25.4 Å². The Morgan fingerprint density at radius 2 is 1.89 bits per heavy atom. The normalized spacial score (nSPS) is 28.2. The molecule has 0 bridgehead atoms. The fraction of sp³-hybridized carbons (Fsp3) is 0.562. The van der Waals surface area contributed by atoms with E-state index in [4.69, 9.17) is 5.11 Å². The molecule has 19 heavy (non-hydrogen) atoms. The van der Waals surface area contributed by atoms with Crippen molar-refractivity contribution in [3.8, 4) is 0 Å². The average molecular weight is 259 g/mol. The molecule has 1 aliphatic carbocycles. The Morgan fingerprint density at radius 1 is 1.21 bits per heavy atom. The molecule has 2 aliphatic rings. The van der Waals surface area contributed by atoms with Crippen molar-refractivity contribution in [3.05, 3.63) is 35.9 Å². The zero-order valence-electron chi connectivity index (χ0n) is 11.2. The van der Waals surface area contributed by atoms with Crippen molar-refractivity contribution in [2.45, 2.75) is 31.7 Å². The first-order valence-electron chi connectivity index (χ1n) is 7.25. The van der Waals surface area contributed by atoms with Crippen LogP contribution in [0.5, 0.6) is 0 Å². The molecule has 1 aliphatic heterocycles. The van der Waals surface area contributed by atoms with Gasteiger partial charge in [0.15, 0.2) is 0 Å². The Hall–Kier alpha value is -1.35. The highest BCUT2D eigenvalue weighted by atomic mass is 16.4. The van der Waals surface area contributed by atoms with E-state index < -0.39 is 5.97 Å². The first-order chi connectivity index (χ1) is 9.24. The van der Waals surface area contributed by atoms with Crippen molar-refractivity contribution in [2.75, 3.05) is 13.1 Å². The van der Waals surface area contributed by atoms with Crippen molar-refractivity contribution < 1.29 is 9.90 Å². The topological polar surface area (TPSA) is 40.5 Å². The van der Waals surface area contributed by atoms with Crippen LogP contribution in [0.25, 0.3) is 0 Å². The molecule has 0 spiro atoms. The minimum absolute atomic E-state index is 0.0920. The molecule has 3 nitrogen and oxygen atoms in total. The average Bonchev–Trinajstić information content (AvgIpc) is 3.21. The van der Waals surface area contributed by atoms with Gasteiger partial charge in [-0.2, -0.15) is 0 Å². The van der Waals surface area contributed by atoms with Crippen LogP contribution in [0.2, 0.25) is 0 Å². The molecule has 0 aromatic heterocycles. The largest absolute Gasteiger partial charge is 0.481 e. The van der Waals surface area contributed by atoms with Gasteiger partial charge in [-0.1, -0.05) is 30.3 Å². The molecule has 1 aromatic rings. The van der Waals surface area contributed by atoms with Crippen molar-refractivity contribution >= 4 is 5.97 Å². The first-order valence-corrected chi connectivity index (χ1v) is 7.25. The Balaban J connectivity index is 1.47. The van der Waals surface area contributed by atoms with Crippen LogP contribution in [0.3, 0.4) is 0 Å². The summed E-state index contributed by atoms with van der Waals surface area (Å²) in [5.74, 6) is 0.0581. The molecule has 1 saturated carbocycles. The molecule has 2 atom stereocenters. The smallest absolute Gasteiger partial charge is 0.308 e. The van der Waals surface area contributed by atoms with Gasteiger partial charge in [-0.05, 0) is 50.3 Å². The van der Waals surface area contributed by atoms with E-state index >= 15 is 0 Å². The fourth-order valence-corrected chi connectivity index (χ4v) is 3.29. The first kappa shape index (κ1) is 12.7. The summed E-state index contributed by atoms with van der Waals surface area (Å²) in [5, 5.41) is 8.97. The van der Waals surface area contributed by atoms with Crippen LogP contribution < -0.4 is 0 Å². The van der Waals surface area contributed by atoms with E-state index in [9.17, 15) is 4.79 Å². The van der Waals surface area contributed by atoms with Crippen LogP contribution in [0, 0.1) is 11.8 Å². The summed E-state index contributed by atoms with van der Waals surface area (Å²) in [6, 6.07) is 11.0. The molecule has 1 aromatic carbocycles. The fourth-order valence-electron chi connectivity index (χ4n) is 3.29. The summed E-state index contributed by atoms with van der Waals surface area (Å²) in [6.45, 7) is 2.15. The molecule has 1 saturated heterocycles. The SMILES string of the molecule is O=C(O)C1CC1N1CCC(Cc2ccccc2)CC1. The van der Waals surface area contributed by atoms with Gasteiger partial charge in [0.25, 0.3) is 0 Å². The molecule has 3 heteroatoms. The molecule has 3 rings (SSSR count). The van der Waals surface area contributed by atoms with Gasteiger partial charge in [0.05, 0.1) is 5.92 Å². The number of hydrogen-bond acceptors (Lipinski definition) is 2. The van der Waals surface area contributed by atoms with E-state index in [-0.39, 0.29) is 5.92 Å². The minimum atomic E-state index is -0.614. The zero-order chi connectivity index (χ0) is 13.2. The quantitative estimate of drug-likeness (QED) is 0.902. The number of benzene rings is 1. The molecule has 102 valence electrons. The summed E-state index contributed by atoms with van der Waals surface area (Å²) in [4.78, 5) is 13.3. The number of hydrogen-bond donors (Lipinski definition) is 1. The number of aliphatic carboxylic acids is 1. The molecule has 0 amide bonds. The maximum absolute atomic E-state index is 10.9. The predicted octanol–water partition coefficient (Wildman–Crippen LogP) is 2.41. The van der Waals surface area contributed by atoms with Gasteiger partial charge >= 0.3 is 5.97 Å². The maximum atomic E-state index is 10.9. The Labute approximate surface area is 114 Å². The highest BCUT2D eigenvalue weighted by Crippen LogP contribution is 2.38. The minimum Gasteiger partial charge on any atom is -0.481 e. The number of rotatable bonds is 4. The Kier molecular flexibility index (Phi) is 3.56. The lowest BCUT2D eigenvalue weighted by atomic mass is 9.90. The van der Waals surface area contributed by atoms with Crippen LogP contribution in [0.15, 0.2) is 30.3 Å². The number of nitrogens with zero attached hydrogens (tertiary/aromatic N) is 1. The van der Waals surface area contributed by atoms with Gasteiger partial charge < -0.3 is 5.11 Å². The highest BCUT2D eigenvalue weighted by molar-refractivity contribution is 5.74. The van der Waals surface area contributed by atoms with E-state index in [0.29, 0.717) is 6.04 Å². The van der Waals surface area contributed by atoms with Crippen LogP contribution in [-0.2, 0) is 11.2 Å². The number of carboxylic acid groups (broad SMARTS) is 1. The highest BCUT2D eigenvalue weighted by Gasteiger charge is 2.47. The lowest BCUT2D eigenvalue weighted by Gasteiger charge is -2.32. The molecule has 2 unspecified atom stereocenters. The lowest BCUT2D eigenvalue weighted by molar-refractivity contribution is -0.139. The molecule has 0 radical (unpaired) electrons. The molecule has 1 N–H and O–H groups in total. The summed E-state index contributed by atoms with van der Waals surface area (Å²) >= 11 is 0. The van der Waals surface area contributed by atoms with E-state index in [1.165, 1.54) is 24.8 Å². The summed E-state index contributed by atoms with van der Waals surface area (Å²) in [6.07, 6.45) is 4.44. The van der Waals surface area contributed by atoms with Crippen molar-refractivity contribution in [1.29, 1.82) is 0 Å². The van der Waals surface area contributed by atoms with Crippen molar-refractivity contribution in [1.82, 2.24) is 4.90 Å². The molecule has 2 fully saturated rings. The lowest BCUT2D eigenvalue weighted by Crippen LogP contribution is -2.37. The number of carboxylic acids is 1. The Bertz CT molecular complexity index is 437. The van der Waals surface area contributed by atoms with Crippen molar-refractivity contribution in [3.63, 3.8) is 0 Å². The third kappa shape index (κ3) is 2.98. The van der Waals surface area contributed by atoms with Crippen LogP contribution in [0.1, 0.15) is 24.8 Å². The van der Waals surface area contributed by atoms with Crippen molar-refractivity contribution in [2.24, 2.45) is 11.8 Å². The third-order valence-corrected chi connectivity index (χ3v) is 4.56. The van der Waals surface area contributed by atoms with Gasteiger partial charge in [-0.3, -0.25) is 9.69 Å². The van der Waals surface area contributed by atoms with Crippen LogP contribution in [0.4, 0.5) is 0 Å².